The van der Waals surface area contributed by atoms with E-state index in [0.717, 1.165) is 12.8 Å². The number of nitrogens with one attached hydrogen (secondary N) is 1. The standard InChI is InChI=1S/C16H18N4O5S2/c1-27(22,23)20-6-2-3-10(8-20)15-18-19-16(26-15)14(21)17-11-4-5-12-13(7-11)25-9-24-12/h4-5,7,10H,2-3,6,8-9H2,1H3,(H,17,21)/t10-/m1/s1. The van der Waals surface area contributed by atoms with Gasteiger partial charge in [-0.05, 0) is 25.0 Å². The molecular weight excluding hydrogens is 392 g/mol. The van der Waals surface area contributed by atoms with Crippen LogP contribution in [-0.2, 0) is 10.0 Å². The van der Waals surface area contributed by atoms with E-state index in [-0.39, 0.29) is 23.6 Å². The maximum atomic E-state index is 12.5. The number of carbonyl (C=O) groups excluding carboxylic acids is 1. The third-order valence-electron chi connectivity index (χ3n) is 4.47. The quantitative estimate of drug-likeness (QED) is 0.816. The van der Waals surface area contributed by atoms with Crippen molar-refractivity contribution in [1.82, 2.24) is 14.5 Å². The number of aromatic nitrogens is 2. The molecule has 2 aliphatic rings. The van der Waals surface area contributed by atoms with Gasteiger partial charge in [-0.3, -0.25) is 4.79 Å². The Morgan fingerprint density at radius 2 is 2.11 bits per heavy atom. The Balaban J connectivity index is 1.45. The number of benzene rings is 1. The van der Waals surface area contributed by atoms with Gasteiger partial charge in [0.1, 0.15) is 5.01 Å². The number of nitrogens with zero attached hydrogens (tertiary/aromatic N) is 3. The molecule has 1 fully saturated rings. The Bertz CT molecular complexity index is 975. The molecule has 9 nitrogen and oxygen atoms in total. The van der Waals surface area contributed by atoms with Crippen LogP contribution in [0.3, 0.4) is 0 Å². The van der Waals surface area contributed by atoms with Crippen LogP contribution in [0.4, 0.5) is 5.69 Å². The molecule has 27 heavy (non-hydrogen) atoms. The maximum Gasteiger partial charge on any atom is 0.286 e. The summed E-state index contributed by atoms with van der Waals surface area (Å²) in [7, 11) is -3.23. The van der Waals surface area contributed by atoms with Crippen LogP contribution in [0.5, 0.6) is 11.5 Å². The van der Waals surface area contributed by atoms with E-state index in [9.17, 15) is 13.2 Å². The molecular formula is C16H18N4O5S2. The lowest BCUT2D eigenvalue weighted by Gasteiger charge is -2.29. The summed E-state index contributed by atoms with van der Waals surface area (Å²) >= 11 is 1.19. The molecule has 1 saturated heterocycles. The number of rotatable bonds is 4. The highest BCUT2D eigenvalue weighted by Gasteiger charge is 2.29. The number of anilines is 1. The van der Waals surface area contributed by atoms with Crippen LogP contribution in [0.25, 0.3) is 0 Å². The molecule has 11 heteroatoms. The van der Waals surface area contributed by atoms with Crippen molar-refractivity contribution in [2.24, 2.45) is 0 Å². The molecule has 1 amide bonds. The summed E-state index contributed by atoms with van der Waals surface area (Å²) in [5, 5.41) is 11.8. The molecule has 0 saturated carbocycles. The smallest absolute Gasteiger partial charge is 0.286 e. The summed E-state index contributed by atoms with van der Waals surface area (Å²) in [4.78, 5) is 12.5. The van der Waals surface area contributed by atoms with Crippen LogP contribution in [0.2, 0.25) is 0 Å². The zero-order valence-electron chi connectivity index (χ0n) is 14.5. The summed E-state index contributed by atoms with van der Waals surface area (Å²) in [6, 6.07) is 5.14. The van der Waals surface area contributed by atoms with Gasteiger partial charge >= 0.3 is 0 Å². The molecule has 0 unspecified atom stereocenters. The number of amides is 1. The van der Waals surface area contributed by atoms with Crippen molar-refractivity contribution >= 4 is 33.0 Å². The minimum atomic E-state index is -3.23. The monoisotopic (exact) mass is 410 g/mol. The molecule has 0 bridgehead atoms. The molecule has 0 radical (unpaired) electrons. The summed E-state index contributed by atoms with van der Waals surface area (Å²) < 4.78 is 35.5. The lowest BCUT2D eigenvalue weighted by molar-refractivity contribution is 0.102. The zero-order valence-corrected chi connectivity index (χ0v) is 16.2. The SMILES string of the molecule is CS(=O)(=O)N1CCC[C@@H](c2nnc(C(=O)Nc3ccc4c(c3)OCO4)s2)C1. The van der Waals surface area contributed by atoms with E-state index in [1.807, 2.05) is 0 Å². The molecule has 2 aromatic rings. The predicted molar refractivity (Wildman–Crippen MR) is 98.8 cm³/mol. The van der Waals surface area contributed by atoms with Gasteiger partial charge in [0, 0.05) is 30.8 Å². The second-order valence-electron chi connectivity index (χ2n) is 6.43. The largest absolute Gasteiger partial charge is 0.454 e. The average Bonchev–Trinajstić information content (AvgIpc) is 3.30. The molecule has 0 aliphatic carbocycles. The molecule has 1 aromatic carbocycles. The number of piperidine rings is 1. The lowest BCUT2D eigenvalue weighted by atomic mass is 10.0. The van der Waals surface area contributed by atoms with Gasteiger partial charge in [0.15, 0.2) is 11.5 Å². The van der Waals surface area contributed by atoms with Crippen molar-refractivity contribution in [2.45, 2.75) is 18.8 Å². The van der Waals surface area contributed by atoms with E-state index in [1.54, 1.807) is 18.2 Å². The Kier molecular flexibility index (Phi) is 4.74. The first-order valence-electron chi connectivity index (χ1n) is 8.40. The normalized spacial score (nSPS) is 19.8. The Labute approximate surface area is 160 Å². The van der Waals surface area contributed by atoms with Crippen molar-refractivity contribution in [2.75, 3.05) is 31.5 Å². The van der Waals surface area contributed by atoms with Crippen molar-refractivity contribution in [3.05, 3.63) is 28.2 Å². The van der Waals surface area contributed by atoms with E-state index in [0.29, 0.717) is 35.3 Å². The van der Waals surface area contributed by atoms with E-state index in [1.165, 1.54) is 21.9 Å². The van der Waals surface area contributed by atoms with Crippen LogP contribution in [-0.4, -0.2) is 55.0 Å². The molecule has 1 N–H and O–H groups in total. The Hall–Kier alpha value is -2.24. The fourth-order valence-corrected chi connectivity index (χ4v) is 4.87. The van der Waals surface area contributed by atoms with Crippen LogP contribution in [0.1, 0.15) is 33.6 Å². The van der Waals surface area contributed by atoms with Crippen molar-refractivity contribution in [3.8, 4) is 11.5 Å². The van der Waals surface area contributed by atoms with Crippen LogP contribution in [0, 0.1) is 0 Å². The lowest BCUT2D eigenvalue weighted by Crippen LogP contribution is -2.38. The van der Waals surface area contributed by atoms with Gasteiger partial charge in [0.05, 0.1) is 6.26 Å². The number of hydrogen-bond acceptors (Lipinski definition) is 8. The summed E-state index contributed by atoms with van der Waals surface area (Å²) in [6.07, 6.45) is 2.79. The number of hydrogen-bond donors (Lipinski definition) is 1. The number of fused-ring (bicyclic) bond motifs is 1. The van der Waals surface area contributed by atoms with Gasteiger partial charge < -0.3 is 14.8 Å². The van der Waals surface area contributed by atoms with Crippen molar-refractivity contribution in [1.29, 1.82) is 0 Å². The first kappa shape index (κ1) is 18.1. The number of sulfonamides is 1. The van der Waals surface area contributed by atoms with Crippen LogP contribution >= 0.6 is 11.3 Å². The first-order chi connectivity index (χ1) is 12.9. The molecule has 1 atom stereocenters. The van der Waals surface area contributed by atoms with E-state index in [2.05, 4.69) is 15.5 Å². The molecule has 2 aliphatic heterocycles. The van der Waals surface area contributed by atoms with Gasteiger partial charge in [-0.1, -0.05) is 11.3 Å². The van der Waals surface area contributed by atoms with E-state index in [4.69, 9.17) is 9.47 Å². The second kappa shape index (κ2) is 7.06. The van der Waals surface area contributed by atoms with Crippen molar-refractivity contribution < 1.29 is 22.7 Å². The molecule has 4 rings (SSSR count). The molecule has 1 aromatic heterocycles. The molecule has 3 heterocycles. The number of ether oxygens (including phenoxy) is 2. The van der Waals surface area contributed by atoms with Gasteiger partial charge in [-0.25, -0.2) is 12.7 Å². The van der Waals surface area contributed by atoms with Crippen molar-refractivity contribution in [3.63, 3.8) is 0 Å². The topological polar surface area (TPSA) is 111 Å². The second-order valence-corrected chi connectivity index (χ2v) is 9.42. The summed E-state index contributed by atoms with van der Waals surface area (Å²) in [6.45, 7) is 1.06. The zero-order chi connectivity index (χ0) is 19.0. The van der Waals surface area contributed by atoms with E-state index >= 15 is 0 Å². The third kappa shape index (κ3) is 3.89. The van der Waals surface area contributed by atoms with Crippen LogP contribution in [0.15, 0.2) is 18.2 Å². The molecule has 0 spiro atoms. The predicted octanol–water partition coefficient (Wildman–Crippen LogP) is 1.66. The highest BCUT2D eigenvalue weighted by molar-refractivity contribution is 7.88. The highest BCUT2D eigenvalue weighted by atomic mass is 32.2. The van der Waals surface area contributed by atoms with Gasteiger partial charge in [-0.2, -0.15) is 0 Å². The highest BCUT2D eigenvalue weighted by Crippen LogP contribution is 2.34. The fraction of sp³-hybridized carbons (Fsp3) is 0.438. The molecule has 144 valence electrons. The number of carbonyl (C=O) groups is 1. The Morgan fingerprint density at radius 1 is 1.30 bits per heavy atom. The van der Waals surface area contributed by atoms with Gasteiger partial charge in [0.2, 0.25) is 21.8 Å². The van der Waals surface area contributed by atoms with Gasteiger partial charge in [0.25, 0.3) is 5.91 Å². The summed E-state index contributed by atoms with van der Waals surface area (Å²) in [5.74, 6) is 0.805. The summed E-state index contributed by atoms with van der Waals surface area (Å²) in [5.41, 5.74) is 0.571. The minimum Gasteiger partial charge on any atom is -0.454 e. The van der Waals surface area contributed by atoms with Crippen LogP contribution < -0.4 is 14.8 Å². The maximum absolute atomic E-state index is 12.5. The first-order valence-corrected chi connectivity index (χ1v) is 11.1. The minimum absolute atomic E-state index is 0.0435. The average molecular weight is 410 g/mol. The Morgan fingerprint density at radius 3 is 2.93 bits per heavy atom. The van der Waals surface area contributed by atoms with E-state index < -0.39 is 10.0 Å². The fourth-order valence-electron chi connectivity index (χ4n) is 3.10. The third-order valence-corrected chi connectivity index (χ3v) is 6.82. The van der Waals surface area contributed by atoms with Gasteiger partial charge in [-0.15, -0.1) is 10.2 Å².